The number of hydrogen-bond acceptors (Lipinski definition) is 5. The Morgan fingerprint density at radius 1 is 1.57 bits per heavy atom. The van der Waals surface area contributed by atoms with Crippen molar-refractivity contribution in [1.82, 2.24) is 10.4 Å². The zero-order valence-electron chi connectivity index (χ0n) is 12.0. The molecule has 8 heteroatoms. The van der Waals surface area contributed by atoms with Gasteiger partial charge in [0.05, 0.1) is 11.6 Å². The number of ether oxygens (including phenoxy) is 1. The lowest BCUT2D eigenvalue weighted by Crippen LogP contribution is -2.50. The summed E-state index contributed by atoms with van der Waals surface area (Å²) >= 11 is 0.623. The van der Waals surface area contributed by atoms with Gasteiger partial charge in [-0.05, 0) is 18.8 Å². The van der Waals surface area contributed by atoms with Crippen LogP contribution in [0.5, 0.6) is 0 Å². The average molecular weight is 323 g/mol. The summed E-state index contributed by atoms with van der Waals surface area (Å²) < 4.78 is 43.9. The van der Waals surface area contributed by atoms with Crippen molar-refractivity contribution in [1.29, 1.82) is 0 Å². The normalized spacial score (nSPS) is 28.6. The van der Waals surface area contributed by atoms with Crippen LogP contribution in [-0.4, -0.2) is 17.7 Å². The van der Waals surface area contributed by atoms with Crippen molar-refractivity contribution in [3.05, 3.63) is 16.1 Å². The Morgan fingerprint density at radius 3 is 2.76 bits per heavy atom. The second-order valence-corrected chi connectivity index (χ2v) is 6.70. The molecule has 2 rings (SSSR count). The number of nitrogens with zero attached hydrogens (tertiary/aromatic N) is 1. The molecule has 3 unspecified atom stereocenters. The molecule has 3 N–H and O–H groups in total. The molecule has 1 fully saturated rings. The fourth-order valence-electron chi connectivity index (χ4n) is 3.15. The maximum atomic E-state index is 12.7. The quantitative estimate of drug-likeness (QED) is 0.659. The molecule has 1 saturated carbocycles. The van der Waals surface area contributed by atoms with Crippen LogP contribution in [0.15, 0.2) is 6.20 Å². The maximum absolute atomic E-state index is 12.7. The van der Waals surface area contributed by atoms with Gasteiger partial charge >= 0.3 is 6.18 Å². The zero-order chi connectivity index (χ0) is 15.7. The first-order chi connectivity index (χ1) is 9.82. The third-order valence-corrected chi connectivity index (χ3v) is 5.25. The summed E-state index contributed by atoms with van der Waals surface area (Å²) in [4.78, 5) is 3.94. The van der Waals surface area contributed by atoms with Crippen LogP contribution in [0.2, 0.25) is 0 Å². The number of nitrogens with one attached hydrogen (secondary N) is 1. The van der Waals surface area contributed by atoms with Gasteiger partial charge in [-0.1, -0.05) is 19.8 Å². The first-order valence-corrected chi connectivity index (χ1v) is 7.68. The fourth-order valence-corrected chi connectivity index (χ4v) is 4.10. The molecule has 0 aliphatic heterocycles. The van der Waals surface area contributed by atoms with Crippen molar-refractivity contribution < 1.29 is 17.9 Å². The number of nitrogens with two attached hydrogens (primary N) is 1. The van der Waals surface area contributed by atoms with E-state index in [9.17, 15) is 13.2 Å². The lowest BCUT2D eigenvalue weighted by Gasteiger charge is -2.43. The van der Waals surface area contributed by atoms with E-state index in [1.807, 2.05) is 0 Å². The van der Waals surface area contributed by atoms with Crippen molar-refractivity contribution in [2.75, 3.05) is 7.11 Å². The zero-order valence-corrected chi connectivity index (χ0v) is 12.9. The summed E-state index contributed by atoms with van der Waals surface area (Å²) in [6.07, 6.45) is 0.413. The first-order valence-electron chi connectivity index (χ1n) is 6.86. The van der Waals surface area contributed by atoms with Crippen molar-refractivity contribution in [3.8, 4) is 0 Å². The van der Waals surface area contributed by atoms with Gasteiger partial charge in [-0.2, -0.15) is 13.2 Å². The van der Waals surface area contributed by atoms with Gasteiger partial charge in [0.1, 0.15) is 0 Å². The van der Waals surface area contributed by atoms with E-state index in [0.29, 0.717) is 22.1 Å². The van der Waals surface area contributed by atoms with Gasteiger partial charge in [-0.25, -0.2) is 10.4 Å². The topological polar surface area (TPSA) is 60.2 Å². The molecule has 120 valence electrons. The number of hydrazine groups is 1. The molecular formula is C13H20F3N3OS. The first kappa shape index (κ1) is 16.7. The van der Waals surface area contributed by atoms with Gasteiger partial charge in [0.15, 0.2) is 5.01 Å². The lowest BCUT2D eigenvalue weighted by atomic mass is 9.74. The summed E-state index contributed by atoms with van der Waals surface area (Å²) in [5.41, 5.74) is 2.06. The Balaban J connectivity index is 2.31. The predicted octanol–water partition coefficient (Wildman–Crippen LogP) is 3.26. The molecule has 0 saturated heterocycles. The van der Waals surface area contributed by atoms with Crippen LogP contribution in [0.1, 0.15) is 48.5 Å². The second kappa shape index (κ2) is 6.20. The second-order valence-electron chi connectivity index (χ2n) is 5.64. The molecule has 0 bridgehead atoms. The largest absolute Gasteiger partial charge is 0.443 e. The molecule has 1 aliphatic rings. The third-order valence-electron chi connectivity index (χ3n) is 4.14. The Morgan fingerprint density at radius 2 is 2.29 bits per heavy atom. The van der Waals surface area contributed by atoms with Crippen LogP contribution in [-0.2, 0) is 10.9 Å². The van der Waals surface area contributed by atoms with Gasteiger partial charge in [0.25, 0.3) is 0 Å². The van der Waals surface area contributed by atoms with Crippen LogP contribution in [0.25, 0.3) is 0 Å². The Kier molecular flexibility index (Phi) is 4.92. The van der Waals surface area contributed by atoms with Crippen molar-refractivity contribution in [3.63, 3.8) is 0 Å². The summed E-state index contributed by atoms with van der Waals surface area (Å²) in [5.74, 6) is 6.08. The van der Waals surface area contributed by atoms with Crippen molar-refractivity contribution in [2.45, 2.75) is 50.4 Å². The van der Waals surface area contributed by atoms with Gasteiger partial charge in [0, 0.05) is 18.2 Å². The van der Waals surface area contributed by atoms with Crippen LogP contribution < -0.4 is 11.3 Å². The highest BCUT2D eigenvalue weighted by Crippen LogP contribution is 2.45. The summed E-state index contributed by atoms with van der Waals surface area (Å²) in [5, 5.41) is -0.854. The van der Waals surface area contributed by atoms with E-state index >= 15 is 0 Å². The highest BCUT2D eigenvalue weighted by atomic mass is 32.1. The van der Waals surface area contributed by atoms with E-state index in [0.717, 1.165) is 25.7 Å². The van der Waals surface area contributed by atoms with Gasteiger partial charge in [-0.15, -0.1) is 11.3 Å². The summed E-state index contributed by atoms with van der Waals surface area (Å²) in [7, 11) is 1.59. The lowest BCUT2D eigenvalue weighted by molar-refractivity contribution is -0.137. The molecule has 1 aliphatic carbocycles. The van der Waals surface area contributed by atoms with E-state index in [4.69, 9.17) is 10.6 Å². The minimum Gasteiger partial charge on any atom is -0.376 e. The number of hydrogen-bond donors (Lipinski definition) is 2. The van der Waals surface area contributed by atoms with Crippen LogP contribution in [0.4, 0.5) is 13.2 Å². The third kappa shape index (κ3) is 3.39. The number of alkyl halides is 3. The molecule has 0 spiro atoms. The fraction of sp³-hybridized carbons (Fsp3) is 0.769. The molecular weight excluding hydrogens is 303 g/mol. The highest BCUT2D eigenvalue weighted by molar-refractivity contribution is 7.11. The van der Waals surface area contributed by atoms with Crippen molar-refractivity contribution >= 4 is 11.3 Å². The molecule has 0 aromatic carbocycles. The van der Waals surface area contributed by atoms with Gasteiger partial charge < -0.3 is 4.74 Å². The Bertz CT molecular complexity index is 479. The number of rotatable bonds is 4. The monoisotopic (exact) mass is 323 g/mol. The number of thiazole rings is 1. The SMILES string of the molecule is COC1(C(NN)c2cnc(C(F)(F)F)s2)CCCC(C)C1. The van der Waals surface area contributed by atoms with Crippen molar-refractivity contribution in [2.24, 2.45) is 11.8 Å². The minimum atomic E-state index is -4.43. The van der Waals surface area contributed by atoms with Gasteiger partial charge in [-0.3, -0.25) is 5.84 Å². The molecule has 1 heterocycles. The summed E-state index contributed by atoms with van der Waals surface area (Å²) in [6.45, 7) is 2.12. The van der Waals surface area contributed by atoms with E-state index in [1.165, 1.54) is 6.20 Å². The van der Waals surface area contributed by atoms with E-state index in [1.54, 1.807) is 7.11 Å². The Hall–Kier alpha value is -0.700. The molecule has 21 heavy (non-hydrogen) atoms. The molecule has 1 aromatic heterocycles. The van der Waals surface area contributed by atoms with E-state index < -0.39 is 22.8 Å². The molecule has 3 atom stereocenters. The smallest absolute Gasteiger partial charge is 0.376 e. The number of aromatic nitrogens is 1. The van der Waals surface area contributed by atoms with E-state index in [2.05, 4.69) is 17.3 Å². The van der Waals surface area contributed by atoms with Crippen LogP contribution in [0, 0.1) is 5.92 Å². The molecule has 0 radical (unpaired) electrons. The van der Waals surface area contributed by atoms with Crippen LogP contribution >= 0.6 is 11.3 Å². The minimum absolute atomic E-state index is 0.449. The predicted molar refractivity (Wildman–Crippen MR) is 74.6 cm³/mol. The maximum Gasteiger partial charge on any atom is 0.443 e. The Labute approximate surface area is 125 Å². The van der Waals surface area contributed by atoms with Gasteiger partial charge in [0.2, 0.25) is 0 Å². The molecule has 0 amide bonds. The number of methoxy groups -OCH3 is 1. The average Bonchev–Trinajstić information content (AvgIpc) is 2.89. The standard InChI is InChI=1S/C13H20F3N3OS/c1-8-4-3-5-12(6-8,20-2)10(19-17)9-7-18-11(21-9)13(14,15)16/h7-8,10,19H,3-6,17H2,1-2H3. The summed E-state index contributed by atoms with van der Waals surface area (Å²) in [6, 6.07) is -0.487. The number of halogens is 3. The highest BCUT2D eigenvalue weighted by Gasteiger charge is 2.44. The molecule has 4 nitrogen and oxygen atoms in total. The van der Waals surface area contributed by atoms with Crippen LogP contribution in [0.3, 0.4) is 0 Å². The molecule has 1 aromatic rings. The van der Waals surface area contributed by atoms with E-state index in [-0.39, 0.29) is 0 Å².